The summed E-state index contributed by atoms with van der Waals surface area (Å²) in [6.07, 6.45) is -4.23. The first-order chi connectivity index (χ1) is 16.0. The third kappa shape index (κ3) is 5.44. The van der Waals surface area contributed by atoms with Crippen LogP contribution in [0.3, 0.4) is 0 Å². The zero-order valence-electron chi connectivity index (χ0n) is 18.2. The molecule has 0 radical (unpaired) electrons. The van der Waals surface area contributed by atoms with Gasteiger partial charge in [0.05, 0.1) is 17.3 Å². The number of fused-ring (bicyclic) bond motifs is 1. The fourth-order valence-electron chi connectivity index (χ4n) is 4.36. The van der Waals surface area contributed by atoms with E-state index < -0.39 is 29.0 Å². The molecule has 0 bridgehead atoms. The van der Waals surface area contributed by atoms with E-state index in [1.807, 2.05) is 0 Å². The van der Waals surface area contributed by atoms with Crippen molar-refractivity contribution >= 4 is 34.4 Å². The second kappa shape index (κ2) is 9.91. The van der Waals surface area contributed by atoms with Crippen molar-refractivity contribution in [2.24, 2.45) is 0 Å². The fourth-order valence-corrected chi connectivity index (χ4v) is 5.22. The number of nitrogens with zero attached hydrogens (tertiary/aromatic N) is 3. The van der Waals surface area contributed by atoms with Crippen molar-refractivity contribution in [1.82, 2.24) is 24.9 Å². The van der Waals surface area contributed by atoms with Crippen LogP contribution in [0.5, 0.6) is 0 Å². The Morgan fingerprint density at radius 2 is 2.09 bits per heavy atom. The number of alkyl halides is 3. The van der Waals surface area contributed by atoms with Gasteiger partial charge in [0.2, 0.25) is 5.28 Å². The third-order valence-electron chi connectivity index (χ3n) is 6.04. The topological polar surface area (TPSA) is 131 Å². The molecule has 5 N–H and O–H groups in total. The van der Waals surface area contributed by atoms with Gasteiger partial charge in [0.15, 0.2) is 0 Å². The molecule has 2 aromatic rings. The standard InChI is InChI=1S/C20H25ClF3N7O2S/c1-10(11-4-12(20(22,23)24)6-13(25)5-11)28-18-14-9-31(34(32)33)17(16-8-26-2-3-27-16)7-15(14)29-19(21)30-18/h4-6,10,16-17,26-27H,2-3,7-9,25H2,1H3,(H,32,33)(H,28,29,30)/p-1/t10-,16?,17?/m1/s1. The lowest BCUT2D eigenvalue weighted by Crippen LogP contribution is -2.60. The van der Waals surface area contributed by atoms with Crippen LogP contribution < -0.4 is 21.7 Å². The molecule has 2 aliphatic heterocycles. The first-order valence-corrected chi connectivity index (χ1v) is 12.0. The molecule has 4 rings (SSSR count). The van der Waals surface area contributed by atoms with Crippen LogP contribution in [0.15, 0.2) is 18.2 Å². The van der Waals surface area contributed by atoms with E-state index in [4.69, 9.17) is 17.3 Å². The maximum absolute atomic E-state index is 13.2. The number of hydrogen-bond acceptors (Lipinski definition) is 8. The van der Waals surface area contributed by atoms with Gasteiger partial charge in [-0.05, 0) is 42.3 Å². The minimum atomic E-state index is -4.54. The molecule has 186 valence electrons. The molecule has 0 aliphatic carbocycles. The number of rotatable bonds is 5. The largest absolute Gasteiger partial charge is 0.760 e. The fraction of sp³-hybridized carbons (Fsp3) is 0.500. The van der Waals surface area contributed by atoms with Crippen LogP contribution in [0.1, 0.15) is 35.3 Å². The molecule has 9 nitrogen and oxygen atoms in total. The van der Waals surface area contributed by atoms with E-state index in [0.717, 1.165) is 18.7 Å². The van der Waals surface area contributed by atoms with Crippen LogP contribution >= 0.6 is 11.6 Å². The van der Waals surface area contributed by atoms with Gasteiger partial charge in [-0.15, -0.1) is 0 Å². The summed E-state index contributed by atoms with van der Waals surface area (Å²) in [4.78, 5) is 8.53. The van der Waals surface area contributed by atoms with Gasteiger partial charge in [0, 0.05) is 67.2 Å². The number of nitrogens with one attached hydrogen (secondary N) is 3. The van der Waals surface area contributed by atoms with Crippen LogP contribution in [0.2, 0.25) is 5.28 Å². The second-order valence-corrected chi connectivity index (χ2v) is 9.59. The highest BCUT2D eigenvalue weighted by Crippen LogP contribution is 2.35. The van der Waals surface area contributed by atoms with Crippen molar-refractivity contribution in [1.29, 1.82) is 0 Å². The number of aromatic nitrogens is 2. The highest BCUT2D eigenvalue weighted by Gasteiger charge is 2.36. The summed E-state index contributed by atoms with van der Waals surface area (Å²) in [5.41, 5.74) is 6.24. The maximum atomic E-state index is 13.2. The quantitative estimate of drug-likeness (QED) is 0.268. The number of piperazine rings is 1. The molecule has 0 spiro atoms. The Kier molecular flexibility index (Phi) is 7.31. The summed E-state index contributed by atoms with van der Waals surface area (Å²) in [5.74, 6) is 0.266. The van der Waals surface area contributed by atoms with Gasteiger partial charge in [-0.2, -0.15) is 13.2 Å². The van der Waals surface area contributed by atoms with E-state index >= 15 is 0 Å². The molecule has 0 amide bonds. The molecule has 1 fully saturated rings. The lowest BCUT2D eigenvalue weighted by atomic mass is 9.94. The molecule has 14 heteroatoms. The Hall–Kier alpha value is -2.03. The maximum Gasteiger partial charge on any atom is 0.416 e. The molecule has 1 aromatic carbocycles. The number of halogens is 4. The van der Waals surface area contributed by atoms with Gasteiger partial charge >= 0.3 is 6.18 Å². The molecule has 1 aromatic heterocycles. The van der Waals surface area contributed by atoms with E-state index in [1.165, 1.54) is 10.4 Å². The molecule has 4 atom stereocenters. The highest BCUT2D eigenvalue weighted by atomic mass is 35.5. The summed E-state index contributed by atoms with van der Waals surface area (Å²) in [7, 11) is 0. The van der Waals surface area contributed by atoms with Crippen molar-refractivity contribution in [2.75, 3.05) is 30.7 Å². The predicted octanol–water partition coefficient (Wildman–Crippen LogP) is 1.99. The normalized spacial score (nSPS) is 23.2. The number of nitrogens with two attached hydrogens (primary N) is 1. The van der Waals surface area contributed by atoms with Gasteiger partial charge < -0.3 is 26.2 Å². The van der Waals surface area contributed by atoms with Crippen molar-refractivity contribution < 1.29 is 21.9 Å². The Balaban J connectivity index is 1.65. The summed E-state index contributed by atoms with van der Waals surface area (Å²) in [6.45, 7) is 3.77. The van der Waals surface area contributed by atoms with Crippen molar-refractivity contribution in [3.8, 4) is 0 Å². The van der Waals surface area contributed by atoms with E-state index in [2.05, 4.69) is 25.9 Å². The SMILES string of the molecule is C[C@@H](Nc1nc(Cl)nc2c1CN(S(=O)[O-])C(C1CNCCN1)C2)c1cc(N)cc(C(F)(F)F)c1. The van der Waals surface area contributed by atoms with E-state index in [1.54, 1.807) is 6.92 Å². The minimum Gasteiger partial charge on any atom is -0.760 e. The number of benzene rings is 1. The molecule has 3 heterocycles. The van der Waals surface area contributed by atoms with Crippen LogP contribution in [0, 0.1) is 0 Å². The molecular formula is C20H24ClF3N7O2S-. The van der Waals surface area contributed by atoms with Gasteiger partial charge in [-0.25, -0.2) is 14.3 Å². The highest BCUT2D eigenvalue weighted by molar-refractivity contribution is 7.76. The summed E-state index contributed by atoms with van der Waals surface area (Å²) in [5, 5.41) is 9.62. The predicted molar refractivity (Wildman–Crippen MR) is 122 cm³/mol. The lowest BCUT2D eigenvalue weighted by molar-refractivity contribution is -0.137. The second-order valence-electron chi connectivity index (χ2n) is 8.35. The Bertz CT molecular complexity index is 1080. The molecule has 3 unspecified atom stereocenters. The average molecular weight is 519 g/mol. The van der Waals surface area contributed by atoms with Crippen molar-refractivity contribution in [2.45, 2.75) is 44.2 Å². The summed E-state index contributed by atoms with van der Waals surface area (Å²) < 4.78 is 65.2. The Morgan fingerprint density at radius 3 is 2.74 bits per heavy atom. The summed E-state index contributed by atoms with van der Waals surface area (Å²) in [6, 6.07) is 2.21. The van der Waals surface area contributed by atoms with E-state index in [0.29, 0.717) is 36.3 Å². The number of nitrogen functional groups attached to an aromatic ring is 1. The van der Waals surface area contributed by atoms with Crippen molar-refractivity contribution in [3.05, 3.63) is 45.9 Å². The Morgan fingerprint density at radius 1 is 1.32 bits per heavy atom. The monoisotopic (exact) mass is 518 g/mol. The van der Waals surface area contributed by atoms with Crippen LogP contribution in [-0.4, -0.2) is 54.8 Å². The van der Waals surface area contributed by atoms with Crippen LogP contribution in [-0.2, 0) is 30.4 Å². The van der Waals surface area contributed by atoms with E-state index in [-0.39, 0.29) is 35.4 Å². The van der Waals surface area contributed by atoms with Crippen molar-refractivity contribution in [3.63, 3.8) is 0 Å². The van der Waals surface area contributed by atoms with Crippen LogP contribution in [0.25, 0.3) is 0 Å². The lowest BCUT2D eigenvalue weighted by Gasteiger charge is -2.43. The number of hydrogen-bond donors (Lipinski definition) is 4. The zero-order valence-corrected chi connectivity index (χ0v) is 19.7. The van der Waals surface area contributed by atoms with Gasteiger partial charge in [-0.3, -0.25) is 4.21 Å². The minimum absolute atomic E-state index is 0.00520. The number of anilines is 2. The van der Waals surface area contributed by atoms with Crippen LogP contribution in [0.4, 0.5) is 24.7 Å². The third-order valence-corrected chi connectivity index (χ3v) is 6.99. The van der Waals surface area contributed by atoms with E-state index in [9.17, 15) is 21.9 Å². The molecule has 1 saturated heterocycles. The first-order valence-electron chi connectivity index (χ1n) is 10.6. The average Bonchev–Trinajstić information content (AvgIpc) is 2.77. The van der Waals surface area contributed by atoms with Gasteiger partial charge in [0.1, 0.15) is 5.82 Å². The van der Waals surface area contributed by atoms with Gasteiger partial charge in [0.25, 0.3) is 0 Å². The molecule has 0 saturated carbocycles. The zero-order chi connectivity index (χ0) is 24.6. The van der Waals surface area contributed by atoms with Gasteiger partial charge in [-0.1, -0.05) is 0 Å². The molecular weight excluding hydrogens is 495 g/mol. The first kappa shape index (κ1) is 25.1. The smallest absolute Gasteiger partial charge is 0.416 e. The Labute approximate surface area is 202 Å². The molecule has 34 heavy (non-hydrogen) atoms. The molecule has 2 aliphatic rings. The summed E-state index contributed by atoms with van der Waals surface area (Å²) >= 11 is 3.65.